The molecule has 2 aromatic carbocycles. The van der Waals surface area contributed by atoms with Crippen LogP contribution in [0.25, 0.3) is 0 Å². The Labute approximate surface area is 144 Å². The van der Waals surface area contributed by atoms with Gasteiger partial charge in [0.25, 0.3) is 0 Å². The van der Waals surface area contributed by atoms with E-state index < -0.39 is 0 Å². The summed E-state index contributed by atoms with van der Waals surface area (Å²) < 4.78 is 5.16. The maximum Gasteiger partial charge on any atom is 0.321 e. The van der Waals surface area contributed by atoms with Crippen molar-refractivity contribution in [2.45, 2.75) is 33.2 Å². The first kappa shape index (κ1) is 17.9. The number of hydrogen-bond acceptors (Lipinski definition) is 2. The summed E-state index contributed by atoms with van der Waals surface area (Å²) in [7, 11) is 3.45. The van der Waals surface area contributed by atoms with Crippen LogP contribution in [0, 0.1) is 0 Å². The average Bonchev–Trinajstić information content (AvgIpc) is 2.62. The van der Waals surface area contributed by atoms with Crippen LogP contribution < -0.4 is 10.1 Å². The normalized spacial score (nSPS) is 10.3. The molecular formula is C20H26N2O2. The van der Waals surface area contributed by atoms with Crippen molar-refractivity contribution in [1.82, 2.24) is 4.90 Å². The Morgan fingerprint density at radius 3 is 2.12 bits per heavy atom. The van der Waals surface area contributed by atoms with E-state index in [1.807, 2.05) is 30.3 Å². The van der Waals surface area contributed by atoms with Gasteiger partial charge in [-0.05, 0) is 41.7 Å². The molecule has 24 heavy (non-hydrogen) atoms. The monoisotopic (exact) mass is 326 g/mol. The third-order valence-corrected chi connectivity index (χ3v) is 4.16. The minimum atomic E-state index is -0.0959. The summed E-state index contributed by atoms with van der Waals surface area (Å²) in [6, 6.07) is 13.8. The number of ether oxygens (including phenoxy) is 1. The lowest BCUT2D eigenvalue weighted by Crippen LogP contribution is -2.31. The number of hydrogen-bond donors (Lipinski definition) is 1. The number of carbonyl (C=O) groups is 1. The Morgan fingerprint density at radius 1 is 1.04 bits per heavy atom. The fraction of sp³-hybridized carbons (Fsp3) is 0.350. The van der Waals surface area contributed by atoms with Crippen molar-refractivity contribution in [3.63, 3.8) is 0 Å². The molecule has 0 aliphatic carbocycles. The Kier molecular flexibility index (Phi) is 6.24. The molecule has 0 fully saturated rings. The van der Waals surface area contributed by atoms with Gasteiger partial charge in [-0.25, -0.2) is 4.79 Å². The van der Waals surface area contributed by atoms with E-state index in [4.69, 9.17) is 4.74 Å². The Morgan fingerprint density at radius 2 is 1.62 bits per heavy atom. The number of benzene rings is 2. The first-order valence-corrected chi connectivity index (χ1v) is 8.34. The number of amides is 2. The van der Waals surface area contributed by atoms with Gasteiger partial charge in [0.2, 0.25) is 0 Å². The summed E-state index contributed by atoms with van der Waals surface area (Å²) in [5.41, 5.74) is 4.35. The number of nitrogens with one attached hydrogen (secondary N) is 1. The molecule has 4 nitrogen and oxygen atoms in total. The topological polar surface area (TPSA) is 41.6 Å². The highest BCUT2D eigenvalue weighted by Crippen LogP contribution is 2.23. The van der Waals surface area contributed by atoms with E-state index in [0.29, 0.717) is 6.54 Å². The minimum absolute atomic E-state index is 0.0959. The zero-order valence-corrected chi connectivity index (χ0v) is 14.9. The summed E-state index contributed by atoms with van der Waals surface area (Å²) in [4.78, 5) is 14.3. The van der Waals surface area contributed by atoms with Crippen LogP contribution in [0.4, 0.5) is 10.5 Å². The zero-order valence-electron chi connectivity index (χ0n) is 14.9. The molecule has 0 spiro atoms. The molecule has 2 rings (SSSR count). The van der Waals surface area contributed by atoms with Crippen LogP contribution in [-0.2, 0) is 19.4 Å². The van der Waals surface area contributed by atoms with Gasteiger partial charge < -0.3 is 15.0 Å². The smallest absolute Gasteiger partial charge is 0.321 e. The van der Waals surface area contributed by atoms with Gasteiger partial charge in [0.15, 0.2) is 0 Å². The van der Waals surface area contributed by atoms with Crippen molar-refractivity contribution >= 4 is 11.7 Å². The zero-order chi connectivity index (χ0) is 17.5. The predicted octanol–water partition coefficient (Wildman–Crippen LogP) is 4.48. The average molecular weight is 326 g/mol. The Bertz CT molecular complexity index is 658. The molecule has 0 aliphatic heterocycles. The van der Waals surface area contributed by atoms with Crippen molar-refractivity contribution in [2.75, 3.05) is 19.5 Å². The Hall–Kier alpha value is -2.49. The summed E-state index contributed by atoms with van der Waals surface area (Å²) >= 11 is 0. The summed E-state index contributed by atoms with van der Waals surface area (Å²) in [5.74, 6) is 0.815. The van der Waals surface area contributed by atoms with E-state index in [2.05, 4.69) is 31.3 Å². The van der Waals surface area contributed by atoms with E-state index in [-0.39, 0.29) is 6.03 Å². The number of anilines is 1. The molecule has 0 unspecified atom stereocenters. The molecule has 0 atom stereocenters. The van der Waals surface area contributed by atoms with E-state index in [1.54, 1.807) is 19.1 Å². The second kappa shape index (κ2) is 8.39. The van der Waals surface area contributed by atoms with E-state index in [9.17, 15) is 4.79 Å². The maximum atomic E-state index is 12.6. The SMILES string of the molecule is CCc1cccc(CC)c1NC(=O)N(C)Cc1ccc(OC)cc1. The fourth-order valence-corrected chi connectivity index (χ4v) is 2.68. The van der Waals surface area contributed by atoms with Gasteiger partial charge in [-0.1, -0.05) is 44.2 Å². The Balaban J connectivity index is 2.08. The van der Waals surface area contributed by atoms with Gasteiger partial charge >= 0.3 is 6.03 Å². The van der Waals surface area contributed by atoms with Crippen LogP contribution in [0.15, 0.2) is 42.5 Å². The van der Waals surface area contributed by atoms with Gasteiger partial charge in [-0.15, -0.1) is 0 Å². The number of carbonyl (C=O) groups excluding carboxylic acids is 1. The fourth-order valence-electron chi connectivity index (χ4n) is 2.68. The maximum absolute atomic E-state index is 12.6. The summed E-state index contributed by atoms with van der Waals surface area (Å²) in [5, 5.41) is 3.09. The molecule has 0 radical (unpaired) electrons. The molecule has 0 aliphatic rings. The molecule has 0 saturated carbocycles. The van der Waals surface area contributed by atoms with Gasteiger partial charge in [-0.2, -0.15) is 0 Å². The highest BCUT2D eigenvalue weighted by Gasteiger charge is 2.13. The van der Waals surface area contributed by atoms with Crippen molar-refractivity contribution in [2.24, 2.45) is 0 Å². The number of aryl methyl sites for hydroxylation is 2. The molecule has 1 N–H and O–H groups in total. The molecule has 2 amide bonds. The second-order valence-corrected chi connectivity index (χ2v) is 5.79. The molecule has 128 valence electrons. The number of rotatable bonds is 6. The number of methoxy groups -OCH3 is 1. The molecule has 4 heteroatoms. The second-order valence-electron chi connectivity index (χ2n) is 5.79. The molecule has 0 saturated heterocycles. The third kappa shape index (κ3) is 4.28. The summed E-state index contributed by atoms with van der Waals surface area (Å²) in [6.07, 6.45) is 1.79. The summed E-state index contributed by atoms with van der Waals surface area (Å²) in [6.45, 7) is 4.75. The van der Waals surface area contributed by atoms with Crippen LogP contribution in [0.3, 0.4) is 0 Å². The van der Waals surface area contributed by atoms with E-state index in [0.717, 1.165) is 29.8 Å². The van der Waals surface area contributed by atoms with Gasteiger partial charge in [0.05, 0.1) is 7.11 Å². The van der Waals surface area contributed by atoms with Crippen molar-refractivity contribution in [1.29, 1.82) is 0 Å². The third-order valence-electron chi connectivity index (χ3n) is 4.16. The van der Waals surface area contributed by atoms with Crippen LogP contribution >= 0.6 is 0 Å². The van der Waals surface area contributed by atoms with Crippen LogP contribution in [0.1, 0.15) is 30.5 Å². The lowest BCUT2D eigenvalue weighted by molar-refractivity contribution is 0.220. The predicted molar refractivity (Wildman–Crippen MR) is 98.7 cm³/mol. The first-order chi connectivity index (χ1) is 11.6. The van der Waals surface area contributed by atoms with E-state index >= 15 is 0 Å². The number of nitrogens with zero attached hydrogens (tertiary/aromatic N) is 1. The number of urea groups is 1. The largest absolute Gasteiger partial charge is 0.497 e. The van der Waals surface area contributed by atoms with Gasteiger partial charge in [-0.3, -0.25) is 0 Å². The van der Waals surface area contributed by atoms with Crippen molar-refractivity contribution in [3.05, 3.63) is 59.2 Å². The first-order valence-electron chi connectivity index (χ1n) is 8.34. The van der Waals surface area contributed by atoms with E-state index in [1.165, 1.54) is 11.1 Å². The quantitative estimate of drug-likeness (QED) is 0.850. The molecule has 0 aromatic heterocycles. The number of para-hydroxylation sites is 1. The molecule has 0 bridgehead atoms. The highest BCUT2D eigenvalue weighted by atomic mass is 16.5. The van der Waals surface area contributed by atoms with Crippen LogP contribution in [-0.4, -0.2) is 25.1 Å². The van der Waals surface area contributed by atoms with Gasteiger partial charge in [0.1, 0.15) is 5.75 Å². The lowest BCUT2D eigenvalue weighted by Gasteiger charge is -2.21. The van der Waals surface area contributed by atoms with Crippen molar-refractivity contribution < 1.29 is 9.53 Å². The van der Waals surface area contributed by atoms with Crippen LogP contribution in [0.2, 0.25) is 0 Å². The standard InChI is InChI=1S/C20H26N2O2/c1-5-16-8-7-9-17(6-2)19(16)21-20(23)22(3)14-15-10-12-18(24-4)13-11-15/h7-13H,5-6,14H2,1-4H3,(H,21,23). The van der Waals surface area contributed by atoms with Crippen LogP contribution in [0.5, 0.6) is 5.75 Å². The molecule has 0 heterocycles. The highest BCUT2D eigenvalue weighted by molar-refractivity contribution is 5.91. The minimum Gasteiger partial charge on any atom is -0.497 e. The van der Waals surface area contributed by atoms with Crippen molar-refractivity contribution in [3.8, 4) is 5.75 Å². The van der Waals surface area contributed by atoms with Gasteiger partial charge in [0, 0.05) is 19.3 Å². The molecular weight excluding hydrogens is 300 g/mol. The molecule has 2 aromatic rings. The lowest BCUT2D eigenvalue weighted by atomic mass is 10.0.